The molecule has 0 aliphatic rings. The van der Waals surface area contributed by atoms with Crippen LogP contribution in [0.15, 0.2) is 18.2 Å². The second-order valence-corrected chi connectivity index (χ2v) is 6.03. The summed E-state index contributed by atoms with van der Waals surface area (Å²) in [7, 11) is 0. The lowest BCUT2D eigenvalue weighted by atomic mass is 9.93. The van der Waals surface area contributed by atoms with Crippen molar-refractivity contribution in [3.8, 4) is 0 Å². The second kappa shape index (κ2) is 5.55. The molecule has 0 bridgehead atoms. The summed E-state index contributed by atoms with van der Waals surface area (Å²) in [6.45, 7) is 12.1. The topological polar surface area (TPSA) is 29.1 Å². The molecule has 1 unspecified atom stereocenters. The molecule has 2 nitrogen and oxygen atoms in total. The highest BCUT2D eigenvalue weighted by Gasteiger charge is 2.24. The first kappa shape index (κ1) is 14.7. The van der Waals surface area contributed by atoms with Gasteiger partial charge in [0.15, 0.2) is 0 Å². The van der Waals surface area contributed by atoms with Crippen molar-refractivity contribution < 1.29 is 4.79 Å². The Balaban J connectivity index is 2.90. The van der Waals surface area contributed by atoms with Crippen LogP contribution in [0.3, 0.4) is 0 Å². The number of rotatable bonds is 3. The van der Waals surface area contributed by atoms with Crippen LogP contribution >= 0.6 is 0 Å². The van der Waals surface area contributed by atoms with E-state index in [0.717, 1.165) is 6.42 Å². The van der Waals surface area contributed by atoms with E-state index in [2.05, 4.69) is 44.3 Å². The normalized spacial score (nSPS) is 13.2. The van der Waals surface area contributed by atoms with E-state index in [9.17, 15) is 4.79 Å². The van der Waals surface area contributed by atoms with Crippen LogP contribution in [0, 0.1) is 19.3 Å². The molecule has 0 fully saturated rings. The van der Waals surface area contributed by atoms with Crippen molar-refractivity contribution in [2.45, 2.75) is 54.0 Å². The molecule has 0 saturated heterocycles. The van der Waals surface area contributed by atoms with Crippen molar-refractivity contribution in [2.24, 2.45) is 5.41 Å². The largest absolute Gasteiger partial charge is 0.349 e. The number of aryl methyl sites for hydroxylation is 2. The van der Waals surface area contributed by atoms with Gasteiger partial charge in [0, 0.05) is 5.41 Å². The minimum atomic E-state index is -0.340. The summed E-state index contributed by atoms with van der Waals surface area (Å²) in [5.74, 6) is 0.104. The smallest absolute Gasteiger partial charge is 0.225 e. The average molecular weight is 247 g/mol. The third-order valence-corrected chi connectivity index (χ3v) is 3.33. The molecule has 0 aliphatic heterocycles. The highest BCUT2D eigenvalue weighted by molar-refractivity contribution is 5.81. The number of hydrogen-bond acceptors (Lipinski definition) is 1. The van der Waals surface area contributed by atoms with Crippen LogP contribution in [0.1, 0.15) is 56.8 Å². The molecule has 1 rings (SSSR count). The van der Waals surface area contributed by atoms with Crippen LogP contribution in [0.5, 0.6) is 0 Å². The first-order valence-corrected chi connectivity index (χ1v) is 6.63. The Kier molecular flexibility index (Phi) is 4.55. The Morgan fingerprint density at radius 1 is 1.22 bits per heavy atom. The lowest BCUT2D eigenvalue weighted by Gasteiger charge is -2.24. The van der Waals surface area contributed by atoms with Gasteiger partial charge in [-0.2, -0.15) is 0 Å². The maximum absolute atomic E-state index is 12.0. The van der Waals surface area contributed by atoms with E-state index < -0.39 is 0 Å². The van der Waals surface area contributed by atoms with Gasteiger partial charge in [0.2, 0.25) is 5.91 Å². The molecule has 2 heteroatoms. The van der Waals surface area contributed by atoms with Gasteiger partial charge >= 0.3 is 0 Å². The van der Waals surface area contributed by atoms with Crippen LogP contribution in [0.2, 0.25) is 0 Å². The van der Waals surface area contributed by atoms with E-state index in [1.807, 2.05) is 20.8 Å². The summed E-state index contributed by atoms with van der Waals surface area (Å²) in [4.78, 5) is 12.0. The van der Waals surface area contributed by atoms with E-state index in [1.54, 1.807) is 0 Å². The third kappa shape index (κ3) is 3.59. The quantitative estimate of drug-likeness (QED) is 0.862. The van der Waals surface area contributed by atoms with Gasteiger partial charge in [0.1, 0.15) is 0 Å². The van der Waals surface area contributed by atoms with Gasteiger partial charge in [-0.1, -0.05) is 45.9 Å². The molecular weight excluding hydrogens is 222 g/mol. The molecule has 18 heavy (non-hydrogen) atoms. The minimum Gasteiger partial charge on any atom is -0.349 e. The van der Waals surface area contributed by atoms with Crippen molar-refractivity contribution in [2.75, 3.05) is 0 Å². The first-order valence-electron chi connectivity index (χ1n) is 6.63. The van der Waals surface area contributed by atoms with Crippen LogP contribution in [-0.4, -0.2) is 5.91 Å². The van der Waals surface area contributed by atoms with Crippen molar-refractivity contribution >= 4 is 5.91 Å². The number of benzene rings is 1. The molecule has 1 amide bonds. The molecule has 1 N–H and O–H groups in total. The predicted octanol–water partition coefficient (Wildman–Crippen LogP) is 3.92. The molecule has 0 heterocycles. The van der Waals surface area contributed by atoms with Crippen LogP contribution in [-0.2, 0) is 4.79 Å². The lowest BCUT2D eigenvalue weighted by molar-refractivity contribution is -0.129. The van der Waals surface area contributed by atoms with Gasteiger partial charge in [0.25, 0.3) is 0 Å². The molecule has 100 valence electrons. The maximum atomic E-state index is 12.0. The highest BCUT2D eigenvalue weighted by atomic mass is 16.2. The van der Waals surface area contributed by atoms with Crippen molar-refractivity contribution in [1.82, 2.24) is 5.32 Å². The standard InChI is InChI=1S/C16H25NO/c1-7-14(17-15(18)16(4,5)6)13-9-8-11(2)12(3)10-13/h8-10,14H,7H2,1-6H3,(H,17,18). The van der Waals surface area contributed by atoms with Crippen LogP contribution in [0.4, 0.5) is 0 Å². The van der Waals surface area contributed by atoms with Crippen molar-refractivity contribution in [3.05, 3.63) is 34.9 Å². The molecule has 1 atom stereocenters. The number of carbonyl (C=O) groups excluding carboxylic acids is 1. The van der Waals surface area contributed by atoms with E-state index >= 15 is 0 Å². The van der Waals surface area contributed by atoms with Crippen LogP contribution in [0.25, 0.3) is 0 Å². The zero-order valence-corrected chi connectivity index (χ0v) is 12.4. The predicted molar refractivity (Wildman–Crippen MR) is 76.5 cm³/mol. The summed E-state index contributed by atoms with van der Waals surface area (Å²) < 4.78 is 0. The summed E-state index contributed by atoms with van der Waals surface area (Å²) >= 11 is 0. The van der Waals surface area contributed by atoms with Gasteiger partial charge in [-0.05, 0) is 37.0 Å². The Morgan fingerprint density at radius 3 is 2.28 bits per heavy atom. The number of carbonyl (C=O) groups is 1. The molecule has 0 spiro atoms. The molecule has 1 aromatic rings. The van der Waals surface area contributed by atoms with Gasteiger partial charge in [-0.15, -0.1) is 0 Å². The fourth-order valence-corrected chi connectivity index (χ4v) is 1.78. The Hall–Kier alpha value is -1.31. The maximum Gasteiger partial charge on any atom is 0.225 e. The number of amides is 1. The minimum absolute atomic E-state index is 0.104. The first-order chi connectivity index (χ1) is 8.25. The second-order valence-electron chi connectivity index (χ2n) is 6.03. The number of hydrogen-bond donors (Lipinski definition) is 1. The molecule has 0 radical (unpaired) electrons. The highest BCUT2D eigenvalue weighted by Crippen LogP contribution is 2.22. The van der Waals surface area contributed by atoms with Crippen molar-refractivity contribution in [3.63, 3.8) is 0 Å². The monoisotopic (exact) mass is 247 g/mol. The average Bonchev–Trinajstić information content (AvgIpc) is 2.28. The third-order valence-electron chi connectivity index (χ3n) is 3.33. The zero-order chi connectivity index (χ0) is 13.9. The molecule has 1 aromatic carbocycles. The Bertz CT molecular complexity index is 429. The van der Waals surface area contributed by atoms with E-state index in [0.29, 0.717) is 0 Å². The zero-order valence-electron chi connectivity index (χ0n) is 12.4. The van der Waals surface area contributed by atoms with E-state index in [-0.39, 0.29) is 17.4 Å². The fraction of sp³-hybridized carbons (Fsp3) is 0.562. The molecule has 0 aromatic heterocycles. The molecule has 0 aliphatic carbocycles. The van der Waals surface area contributed by atoms with Crippen LogP contribution < -0.4 is 5.32 Å². The van der Waals surface area contributed by atoms with Gasteiger partial charge in [-0.25, -0.2) is 0 Å². The molecule has 0 saturated carbocycles. The van der Waals surface area contributed by atoms with Gasteiger partial charge in [-0.3, -0.25) is 4.79 Å². The summed E-state index contributed by atoms with van der Waals surface area (Å²) in [5.41, 5.74) is 3.41. The van der Waals surface area contributed by atoms with E-state index in [1.165, 1.54) is 16.7 Å². The van der Waals surface area contributed by atoms with Crippen molar-refractivity contribution in [1.29, 1.82) is 0 Å². The number of nitrogens with one attached hydrogen (secondary N) is 1. The summed E-state index contributed by atoms with van der Waals surface area (Å²) in [6.07, 6.45) is 0.907. The summed E-state index contributed by atoms with van der Waals surface area (Å²) in [5, 5.41) is 3.13. The Labute approximate surface area is 111 Å². The Morgan fingerprint density at radius 2 is 1.83 bits per heavy atom. The van der Waals surface area contributed by atoms with E-state index in [4.69, 9.17) is 0 Å². The molecular formula is C16H25NO. The van der Waals surface area contributed by atoms with Gasteiger partial charge in [0.05, 0.1) is 6.04 Å². The SMILES string of the molecule is CCC(NC(=O)C(C)(C)C)c1ccc(C)c(C)c1. The fourth-order valence-electron chi connectivity index (χ4n) is 1.78. The summed E-state index contributed by atoms with van der Waals surface area (Å²) in [6, 6.07) is 6.51. The lowest BCUT2D eigenvalue weighted by Crippen LogP contribution is -2.37. The van der Waals surface area contributed by atoms with Gasteiger partial charge < -0.3 is 5.32 Å².